The summed E-state index contributed by atoms with van der Waals surface area (Å²) in [5.41, 5.74) is 0. The second kappa shape index (κ2) is 7.60. The van der Waals surface area contributed by atoms with E-state index in [1.54, 1.807) is 17.5 Å². The molecule has 0 radical (unpaired) electrons. The van der Waals surface area contributed by atoms with Crippen LogP contribution in [0.5, 0.6) is 0 Å². The number of nitrogens with zero attached hydrogens (tertiary/aromatic N) is 1. The van der Waals surface area contributed by atoms with Crippen molar-refractivity contribution in [1.82, 2.24) is 15.6 Å². The lowest BCUT2D eigenvalue weighted by Crippen LogP contribution is -2.36. The molecule has 1 aromatic rings. The number of aromatic nitrogens is 1. The van der Waals surface area contributed by atoms with E-state index < -0.39 is 0 Å². The van der Waals surface area contributed by atoms with Gasteiger partial charge in [0.05, 0.1) is 6.04 Å². The predicted molar refractivity (Wildman–Crippen MR) is 78.2 cm³/mol. The first-order valence-corrected chi connectivity index (χ1v) is 8.09. The molecule has 0 aliphatic carbocycles. The first-order valence-electron chi connectivity index (χ1n) is 7.21. The van der Waals surface area contributed by atoms with E-state index in [9.17, 15) is 4.79 Å². The molecule has 2 atom stereocenters. The van der Waals surface area contributed by atoms with Crippen molar-refractivity contribution in [2.75, 3.05) is 6.54 Å². The van der Waals surface area contributed by atoms with Crippen LogP contribution in [0.3, 0.4) is 0 Å². The molecule has 2 N–H and O–H groups in total. The van der Waals surface area contributed by atoms with Crippen molar-refractivity contribution in [2.45, 2.75) is 57.5 Å². The van der Waals surface area contributed by atoms with Gasteiger partial charge in [0.1, 0.15) is 5.01 Å². The van der Waals surface area contributed by atoms with Crippen molar-refractivity contribution >= 4 is 17.2 Å². The molecule has 1 amide bonds. The maximum Gasteiger partial charge on any atom is 0.220 e. The molecule has 1 aliphatic heterocycles. The third-order valence-corrected chi connectivity index (χ3v) is 4.51. The molecular weight excluding hydrogens is 258 g/mol. The van der Waals surface area contributed by atoms with Gasteiger partial charge in [-0.15, -0.1) is 11.3 Å². The van der Waals surface area contributed by atoms with Gasteiger partial charge in [-0.25, -0.2) is 4.98 Å². The predicted octanol–water partition coefficient (Wildman–Crippen LogP) is 2.63. The van der Waals surface area contributed by atoms with E-state index in [4.69, 9.17) is 0 Å². The minimum Gasteiger partial charge on any atom is -0.347 e. The molecule has 106 valence electrons. The molecule has 0 spiro atoms. The van der Waals surface area contributed by atoms with Crippen molar-refractivity contribution in [1.29, 1.82) is 0 Å². The summed E-state index contributed by atoms with van der Waals surface area (Å²) in [5.74, 6) is 0.148. The van der Waals surface area contributed by atoms with Crippen LogP contribution in [0.1, 0.15) is 56.5 Å². The first-order chi connectivity index (χ1) is 9.29. The van der Waals surface area contributed by atoms with E-state index in [0.717, 1.165) is 24.4 Å². The van der Waals surface area contributed by atoms with Gasteiger partial charge in [0.15, 0.2) is 0 Å². The van der Waals surface area contributed by atoms with Gasteiger partial charge in [0.2, 0.25) is 5.91 Å². The minimum atomic E-state index is 0.0758. The number of amides is 1. The Bertz CT molecular complexity index is 374. The standard InChI is InChI=1S/C14H23N3OS/c1-2-12(14-16-9-10-19-14)17-13(18)7-6-11-5-3-4-8-15-11/h9-12,15H,2-8H2,1H3,(H,17,18). The molecule has 0 aromatic carbocycles. The van der Waals surface area contributed by atoms with Crippen molar-refractivity contribution in [2.24, 2.45) is 0 Å². The highest BCUT2D eigenvalue weighted by atomic mass is 32.1. The highest BCUT2D eigenvalue weighted by Gasteiger charge is 2.17. The third kappa shape index (κ3) is 4.58. The molecule has 1 saturated heterocycles. The number of piperidine rings is 1. The van der Waals surface area contributed by atoms with E-state index in [1.807, 2.05) is 5.38 Å². The minimum absolute atomic E-state index is 0.0758. The van der Waals surface area contributed by atoms with Gasteiger partial charge >= 0.3 is 0 Å². The largest absolute Gasteiger partial charge is 0.347 e. The average Bonchev–Trinajstić information content (AvgIpc) is 2.97. The zero-order valence-electron chi connectivity index (χ0n) is 11.5. The zero-order chi connectivity index (χ0) is 13.5. The van der Waals surface area contributed by atoms with Gasteiger partial charge in [-0.1, -0.05) is 13.3 Å². The topological polar surface area (TPSA) is 54.0 Å². The molecule has 2 rings (SSSR count). The summed E-state index contributed by atoms with van der Waals surface area (Å²) < 4.78 is 0. The highest BCUT2D eigenvalue weighted by molar-refractivity contribution is 7.09. The van der Waals surface area contributed by atoms with Gasteiger partial charge in [-0.2, -0.15) is 0 Å². The van der Waals surface area contributed by atoms with Gasteiger partial charge in [0.25, 0.3) is 0 Å². The maximum atomic E-state index is 12.0. The second-order valence-electron chi connectivity index (χ2n) is 5.08. The average molecular weight is 281 g/mol. The lowest BCUT2D eigenvalue weighted by atomic mass is 10.0. The summed E-state index contributed by atoms with van der Waals surface area (Å²) in [4.78, 5) is 16.3. The second-order valence-corrected chi connectivity index (χ2v) is 6.01. The summed E-state index contributed by atoms with van der Waals surface area (Å²) in [7, 11) is 0. The highest BCUT2D eigenvalue weighted by Crippen LogP contribution is 2.19. The molecule has 0 saturated carbocycles. The molecular formula is C14H23N3OS. The number of nitrogens with one attached hydrogen (secondary N) is 2. The van der Waals surface area contributed by atoms with Crippen LogP contribution < -0.4 is 10.6 Å². The molecule has 5 heteroatoms. The maximum absolute atomic E-state index is 12.0. The van der Waals surface area contributed by atoms with Crippen LogP contribution >= 0.6 is 11.3 Å². The smallest absolute Gasteiger partial charge is 0.220 e. The van der Waals surface area contributed by atoms with E-state index in [-0.39, 0.29) is 11.9 Å². The summed E-state index contributed by atoms with van der Waals surface area (Å²) in [5, 5.41) is 9.53. The van der Waals surface area contributed by atoms with Gasteiger partial charge in [-0.05, 0) is 32.2 Å². The molecule has 1 aromatic heterocycles. The van der Waals surface area contributed by atoms with Crippen LogP contribution in [-0.2, 0) is 4.79 Å². The molecule has 19 heavy (non-hydrogen) atoms. The number of carbonyl (C=O) groups is 1. The van der Waals surface area contributed by atoms with Gasteiger partial charge in [0, 0.05) is 24.0 Å². The van der Waals surface area contributed by atoms with Crippen molar-refractivity contribution in [3.05, 3.63) is 16.6 Å². The fourth-order valence-electron chi connectivity index (χ4n) is 2.49. The lowest BCUT2D eigenvalue weighted by molar-refractivity contribution is -0.122. The zero-order valence-corrected chi connectivity index (χ0v) is 12.3. The molecule has 1 fully saturated rings. The Hall–Kier alpha value is -0.940. The number of hydrogen-bond donors (Lipinski definition) is 2. The SMILES string of the molecule is CCC(NC(=O)CCC1CCCCN1)c1nccs1. The third-order valence-electron chi connectivity index (χ3n) is 3.63. The first kappa shape index (κ1) is 14.5. The Balaban J connectivity index is 1.73. The Morgan fingerprint density at radius 3 is 3.16 bits per heavy atom. The number of hydrogen-bond acceptors (Lipinski definition) is 4. The van der Waals surface area contributed by atoms with E-state index in [1.165, 1.54) is 19.3 Å². The Morgan fingerprint density at radius 2 is 2.53 bits per heavy atom. The van der Waals surface area contributed by atoms with Gasteiger partial charge < -0.3 is 10.6 Å². The molecule has 0 bridgehead atoms. The summed E-state index contributed by atoms with van der Waals surface area (Å²) in [6.45, 7) is 3.18. The van der Waals surface area contributed by atoms with E-state index >= 15 is 0 Å². The van der Waals surface area contributed by atoms with Crippen LogP contribution in [0.15, 0.2) is 11.6 Å². The molecule has 2 heterocycles. The quantitative estimate of drug-likeness (QED) is 0.843. The number of carbonyl (C=O) groups excluding carboxylic acids is 1. The Morgan fingerprint density at radius 1 is 1.63 bits per heavy atom. The number of thiazole rings is 1. The van der Waals surface area contributed by atoms with Crippen LogP contribution in [0.4, 0.5) is 0 Å². The Kier molecular flexibility index (Phi) is 5.79. The Labute approximate surface area is 119 Å². The summed E-state index contributed by atoms with van der Waals surface area (Å²) in [6.07, 6.45) is 8.00. The summed E-state index contributed by atoms with van der Waals surface area (Å²) in [6, 6.07) is 0.603. The fraction of sp³-hybridized carbons (Fsp3) is 0.714. The van der Waals surface area contributed by atoms with Gasteiger partial charge in [-0.3, -0.25) is 4.79 Å². The normalized spacial score (nSPS) is 21.0. The van der Waals surface area contributed by atoms with Crippen LogP contribution in [-0.4, -0.2) is 23.5 Å². The van der Waals surface area contributed by atoms with Crippen molar-refractivity contribution in [3.63, 3.8) is 0 Å². The molecule has 1 aliphatic rings. The summed E-state index contributed by atoms with van der Waals surface area (Å²) >= 11 is 1.61. The molecule has 4 nitrogen and oxygen atoms in total. The monoisotopic (exact) mass is 281 g/mol. The fourth-order valence-corrected chi connectivity index (χ4v) is 3.26. The van der Waals surface area contributed by atoms with Crippen molar-refractivity contribution < 1.29 is 4.79 Å². The van der Waals surface area contributed by atoms with E-state index in [2.05, 4.69) is 22.5 Å². The van der Waals surface area contributed by atoms with Crippen molar-refractivity contribution in [3.8, 4) is 0 Å². The van der Waals surface area contributed by atoms with Crippen LogP contribution in [0.25, 0.3) is 0 Å². The number of rotatable bonds is 6. The molecule has 2 unspecified atom stereocenters. The van der Waals surface area contributed by atoms with Crippen LogP contribution in [0.2, 0.25) is 0 Å². The van der Waals surface area contributed by atoms with E-state index in [0.29, 0.717) is 12.5 Å². The van der Waals surface area contributed by atoms with Crippen LogP contribution in [0, 0.1) is 0 Å². The lowest BCUT2D eigenvalue weighted by Gasteiger charge is -2.23.